The van der Waals surface area contributed by atoms with Crippen LogP contribution in [0.1, 0.15) is 29.3 Å². The number of rotatable bonds is 11. The number of carbonyl (C=O) groups is 2. The van der Waals surface area contributed by atoms with Crippen molar-refractivity contribution < 1.29 is 23.8 Å². The van der Waals surface area contributed by atoms with E-state index in [-0.39, 0.29) is 11.8 Å². The Morgan fingerprint density at radius 3 is 2.39 bits per heavy atom. The molecule has 0 saturated heterocycles. The minimum Gasteiger partial charge on any atom is -0.497 e. The number of halogens is 1. The highest BCUT2D eigenvalue weighted by atomic mass is 35.5. The fraction of sp³-hybridized carbons (Fsp3) is 0.304. The number of hydrogen-bond acceptors (Lipinski definition) is 5. The first-order valence-corrected chi connectivity index (χ1v) is 10.2. The van der Waals surface area contributed by atoms with Crippen molar-refractivity contribution in [1.82, 2.24) is 10.6 Å². The van der Waals surface area contributed by atoms with Crippen LogP contribution in [0.25, 0.3) is 6.08 Å². The Morgan fingerprint density at radius 2 is 1.74 bits per heavy atom. The van der Waals surface area contributed by atoms with E-state index in [1.54, 1.807) is 49.6 Å². The number of nitrogens with one attached hydrogen (secondary N) is 2. The number of benzene rings is 2. The van der Waals surface area contributed by atoms with E-state index in [9.17, 15) is 9.59 Å². The number of hydrogen-bond donors (Lipinski definition) is 2. The molecule has 0 saturated carbocycles. The molecule has 0 spiro atoms. The molecule has 0 aliphatic heterocycles. The lowest BCUT2D eigenvalue weighted by atomic mass is 10.2. The molecule has 0 radical (unpaired) electrons. The third kappa shape index (κ3) is 7.53. The van der Waals surface area contributed by atoms with Crippen LogP contribution in [-0.2, 0) is 4.79 Å². The SMILES string of the molecule is CCCOc1c(Cl)cc(C=CC(=O)NCCNC(=O)c2ccc(OC)cc2)cc1OC. The summed E-state index contributed by atoms with van der Waals surface area (Å²) in [7, 11) is 3.10. The third-order valence-corrected chi connectivity index (χ3v) is 4.47. The molecule has 2 rings (SSSR count). The highest BCUT2D eigenvalue weighted by Gasteiger charge is 2.11. The first kappa shape index (κ1) is 24.1. The largest absolute Gasteiger partial charge is 0.497 e. The molecule has 0 aliphatic carbocycles. The van der Waals surface area contributed by atoms with Gasteiger partial charge in [-0.1, -0.05) is 18.5 Å². The van der Waals surface area contributed by atoms with Gasteiger partial charge in [0.25, 0.3) is 5.91 Å². The molecule has 0 aliphatic rings. The second-order valence-corrected chi connectivity index (χ2v) is 6.90. The van der Waals surface area contributed by atoms with Crippen LogP contribution < -0.4 is 24.8 Å². The van der Waals surface area contributed by atoms with Gasteiger partial charge in [-0.3, -0.25) is 9.59 Å². The summed E-state index contributed by atoms with van der Waals surface area (Å²) in [6.07, 6.45) is 3.87. The van der Waals surface area contributed by atoms with Crippen LogP contribution in [-0.4, -0.2) is 45.7 Å². The number of methoxy groups -OCH3 is 2. The van der Waals surface area contributed by atoms with Crippen LogP contribution in [0.3, 0.4) is 0 Å². The summed E-state index contributed by atoms with van der Waals surface area (Å²) in [6.45, 7) is 3.12. The van der Waals surface area contributed by atoms with Crippen LogP contribution in [0.2, 0.25) is 5.02 Å². The molecule has 8 heteroatoms. The molecule has 2 aromatic carbocycles. The third-order valence-electron chi connectivity index (χ3n) is 4.19. The second-order valence-electron chi connectivity index (χ2n) is 6.49. The van der Waals surface area contributed by atoms with Crippen molar-refractivity contribution in [2.24, 2.45) is 0 Å². The lowest BCUT2D eigenvalue weighted by Crippen LogP contribution is -2.33. The van der Waals surface area contributed by atoms with Crippen molar-refractivity contribution in [2.75, 3.05) is 33.9 Å². The Balaban J connectivity index is 1.82. The summed E-state index contributed by atoms with van der Waals surface area (Å²) >= 11 is 6.28. The summed E-state index contributed by atoms with van der Waals surface area (Å²) in [5.41, 5.74) is 1.22. The van der Waals surface area contributed by atoms with Crippen LogP contribution in [0.5, 0.6) is 17.2 Å². The average molecular weight is 447 g/mol. The second kappa shape index (κ2) is 12.5. The molecule has 0 bridgehead atoms. The molecule has 0 atom stereocenters. The first-order valence-electron chi connectivity index (χ1n) is 9.87. The quantitative estimate of drug-likeness (QED) is 0.406. The van der Waals surface area contributed by atoms with Crippen LogP contribution in [0, 0.1) is 0 Å². The van der Waals surface area contributed by atoms with E-state index in [0.717, 1.165) is 6.42 Å². The van der Waals surface area contributed by atoms with Crippen LogP contribution in [0.4, 0.5) is 0 Å². The molecule has 7 nitrogen and oxygen atoms in total. The summed E-state index contributed by atoms with van der Waals surface area (Å²) < 4.78 is 16.0. The lowest BCUT2D eigenvalue weighted by molar-refractivity contribution is -0.116. The van der Waals surface area contributed by atoms with Crippen molar-refractivity contribution in [2.45, 2.75) is 13.3 Å². The number of carbonyl (C=O) groups excluding carboxylic acids is 2. The van der Waals surface area contributed by atoms with Gasteiger partial charge in [-0.05, 0) is 54.5 Å². The Kier molecular flexibility index (Phi) is 9.71. The summed E-state index contributed by atoms with van der Waals surface area (Å²) in [4.78, 5) is 24.1. The van der Waals surface area contributed by atoms with Gasteiger partial charge in [0.2, 0.25) is 5.91 Å². The van der Waals surface area contributed by atoms with Gasteiger partial charge >= 0.3 is 0 Å². The van der Waals surface area contributed by atoms with Gasteiger partial charge in [0, 0.05) is 24.7 Å². The van der Waals surface area contributed by atoms with Crippen molar-refractivity contribution in [1.29, 1.82) is 0 Å². The number of amides is 2. The van der Waals surface area contributed by atoms with E-state index in [4.69, 9.17) is 25.8 Å². The molecule has 0 aromatic heterocycles. The predicted octanol–water partition coefficient (Wildman–Crippen LogP) is 3.71. The Labute approximate surface area is 187 Å². The van der Waals surface area contributed by atoms with Gasteiger partial charge in [-0.15, -0.1) is 0 Å². The van der Waals surface area contributed by atoms with Crippen LogP contribution in [0.15, 0.2) is 42.5 Å². The Hall–Kier alpha value is -3.19. The molecule has 0 unspecified atom stereocenters. The van der Waals surface area contributed by atoms with Crippen molar-refractivity contribution in [3.63, 3.8) is 0 Å². The topological polar surface area (TPSA) is 85.9 Å². The minimum absolute atomic E-state index is 0.223. The minimum atomic E-state index is -0.292. The van der Waals surface area contributed by atoms with E-state index in [2.05, 4.69) is 10.6 Å². The molecule has 166 valence electrons. The smallest absolute Gasteiger partial charge is 0.251 e. The fourth-order valence-electron chi connectivity index (χ4n) is 2.62. The van der Waals surface area contributed by atoms with E-state index >= 15 is 0 Å². The highest BCUT2D eigenvalue weighted by Crippen LogP contribution is 2.36. The maximum atomic E-state index is 12.1. The number of ether oxygens (including phenoxy) is 3. The van der Waals surface area contributed by atoms with E-state index < -0.39 is 0 Å². The van der Waals surface area contributed by atoms with E-state index in [1.165, 1.54) is 13.2 Å². The predicted molar refractivity (Wildman–Crippen MR) is 121 cm³/mol. The summed E-state index contributed by atoms with van der Waals surface area (Å²) in [5.74, 6) is 1.15. The summed E-state index contributed by atoms with van der Waals surface area (Å²) in [6, 6.07) is 10.2. The van der Waals surface area contributed by atoms with E-state index in [1.807, 2.05) is 6.92 Å². The van der Waals surface area contributed by atoms with E-state index in [0.29, 0.717) is 53.1 Å². The molecule has 2 N–H and O–H groups in total. The molecule has 2 aromatic rings. The standard InChI is InChI=1S/C23H27ClN2O5/c1-4-13-31-22-19(24)14-16(15-20(22)30-3)5-10-21(27)25-11-12-26-23(28)17-6-8-18(29-2)9-7-17/h5-10,14-15H,4,11-13H2,1-3H3,(H,25,27)(H,26,28). The first-order chi connectivity index (χ1) is 15.0. The molecule has 0 fully saturated rings. The Bertz CT molecular complexity index is 913. The Morgan fingerprint density at radius 1 is 1.03 bits per heavy atom. The normalized spacial score (nSPS) is 10.6. The van der Waals surface area contributed by atoms with Crippen molar-refractivity contribution in [3.8, 4) is 17.2 Å². The molecule has 2 amide bonds. The average Bonchev–Trinajstić information content (AvgIpc) is 2.79. The van der Waals surface area contributed by atoms with Gasteiger partial charge in [-0.25, -0.2) is 0 Å². The van der Waals surface area contributed by atoms with Gasteiger partial charge in [0.05, 0.1) is 25.8 Å². The van der Waals surface area contributed by atoms with Gasteiger partial charge in [0.15, 0.2) is 11.5 Å². The monoisotopic (exact) mass is 446 g/mol. The molecular formula is C23H27ClN2O5. The van der Waals surface area contributed by atoms with Gasteiger partial charge in [0.1, 0.15) is 5.75 Å². The molecule has 31 heavy (non-hydrogen) atoms. The molecule has 0 heterocycles. The highest BCUT2D eigenvalue weighted by molar-refractivity contribution is 6.32. The van der Waals surface area contributed by atoms with Crippen molar-refractivity contribution in [3.05, 3.63) is 58.6 Å². The zero-order valence-electron chi connectivity index (χ0n) is 17.9. The van der Waals surface area contributed by atoms with Crippen molar-refractivity contribution >= 4 is 29.5 Å². The summed E-state index contributed by atoms with van der Waals surface area (Å²) in [5, 5.41) is 5.87. The van der Waals surface area contributed by atoms with Crippen LogP contribution >= 0.6 is 11.6 Å². The van der Waals surface area contributed by atoms with Gasteiger partial charge in [-0.2, -0.15) is 0 Å². The lowest BCUT2D eigenvalue weighted by Gasteiger charge is -2.12. The maximum absolute atomic E-state index is 12.1. The zero-order chi connectivity index (χ0) is 22.6. The zero-order valence-corrected chi connectivity index (χ0v) is 18.6. The van der Waals surface area contributed by atoms with Gasteiger partial charge < -0.3 is 24.8 Å². The molecular weight excluding hydrogens is 420 g/mol. The fourth-order valence-corrected chi connectivity index (χ4v) is 2.89. The maximum Gasteiger partial charge on any atom is 0.251 e.